The van der Waals surface area contributed by atoms with Crippen molar-refractivity contribution in [3.05, 3.63) is 65.2 Å². The van der Waals surface area contributed by atoms with E-state index >= 15 is 0 Å². The van der Waals surface area contributed by atoms with Gasteiger partial charge in [0.25, 0.3) is 5.91 Å². The highest BCUT2D eigenvalue weighted by molar-refractivity contribution is 8.02. The number of carbonyl (C=O) groups excluding carboxylic acids is 2. The van der Waals surface area contributed by atoms with E-state index in [1.165, 1.54) is 0 Å². The van der Waals surface area contributed by atoms with Crippen LogP contribution in [-0.2, 0) is 21.0 Å². The quantitative estimate of drug-likeness (QED) is 0.713. The maximum absolute atomic E-state index is 14.1. The Morgan fingerprint density at radius 3 is 2.53 bits per heavy atom. The zero-order valence-corrected chi connectivity index (χ0v) is 18.7. The smallest absolute Gasteiger partial charge is 0.268 e. The first-order chi connectivity index (χ1) is 14.3. The van der Waals surface area contributed by atoms with E-state index in [2.05, 4.69) is 51.1 Å². The topological polar surface area (TPSA) is 40.6 Å². The summed E-state index contributed by atoms with van der Waals surface area (Å²) in [5.74, 6) is 0.248. The fourth-order valence-electron chi connectivity index (χ4n) is 4.93. The van der Waals surface area contributed by atoms with Crippen LogP contribution >= 0.6 is 11.8 Å². The van der Waals surface area contributed by atoms with Crippen LogP contribution in [0.25, 0.3) is 0 Å². The van der Waals surface area contributed by atoms with Crippen LogP contribution in [0.2, 0.25) is 0 Å². The molecule has 5 rings (SSSR count). The van der Waals surface area contributed by atoms with E-state index in [0.29, 0.717) is 13.1 Å². The van der Waals surface area contributed by atoms with E-state index in [4.69, 9.17) is 0 Å². The predicted molar refractivity (Wildman–Crippen MR) is 121 cm³/mol. The lowest BCUT2D eigenvalue weighted by atomic mass is 9.83. The van der Waals surface area contributed by atoms with Gasteiger partial charge in [0.2, 0.25) is 5.91 Å². The van der Waals surface area contributed by atoms with Gasteiger partial charge in [-0.2, -0.15) is 0 Å². The number of benzene rings is 2. The molecule has 4 nitrogen and oxygen atoms in total. The van der Waals surface area contributed by atoms with E-state index in [1.807, 2.05) is 28.0 Å². The molecule has 2 fully saturated rings. The Bertz CT molecular complexity index is 1020. The molecular formula is C25H28N2O2S. The van der Waals surface area contributed by atoms with Crippen LogP contribution in [0, 0.1) is 12.8 Å². The lowest BCUT2D eigenvalue weighted by Crippen LogP contribution is -2.52. The van der Waals surface area contributed by atoms with Crippen molar-refractivity contribution in [1.82, 2.24) is 4.90 Å². The number of hydrogen-bond donors (Lipinski definition) is 0. The number of aryl methyl sites for hydroxylation is 1. The Balaban J connectivity index is 1.64. The molecular weight excluding hydrogens is 392 g/mol. The third-order valence-electron chi connectivity index (χ3n) is 6.59. The molecule has 2 amide bonds. The minimum Gasteiger partial charge on any atom is -0.314 e. The third-order valence-corrected chi connectivity index (χ3v) is 8.18. The first kappa shape index (κ1) is 19.7. The molecule has 2 aliphatic heterocycles. The largest absolute Gasteiger partial charge is 0.314 e. The summed E-state index contributed by atoms with van der Waals surface area (Å²) in [4.78, 5) is 30.5. The maximum atomic E-state index is 14.1. The molecule has 0 bridgehead atoms. The van der Waals surface area contributed by atoms with Gasteiger partial charge in [0.1, 0.15) is 0 Å². The first-order valence-corrected chi connectivity index (χ1v) is 11.6. The van der Waals surface area contributed by atoms with Crippen molar-refractivity contribution in [3.63, 3.8) is 0 Å². The number of nitrogens with zero attached hydrogens (tertiary/aromatic N) is 2. The highest BCUT2D eigenvalue weighted by Gasteiger charge is 2.64. The van der Waals surface area contributed by atoms with Crippen molar-refractivity contribution >= 4 is 29.3 Å². The van der Waals surface area contributed by atoms with Crippen LogP contribution in [0.3, 0.4) is 0 Å². The molecule has 1 spiro atoms. The average Bonchev–Trinajstić information content (AvgIpc) is 3.08. The first-order valence-electron chi connectivity index (χ1n) is 10.8. The van der Waals surface area contributed by atoms with E-state index in [-0.39, 0.29) is 22.5 Å². The van der Waals surface area contributed by atoms with Crippen LogP contribution in [0.5, 0.6) is 0 Å². The van der Waals surface area contributed by atoms with Gasteiger partial charge in [0, 0.05) is 22.8 Å². The van der Waals surface area contributed by atoms with Crippen LogP contribution in [-0.4, -0.2) is 28.0 Å². The third kappa shape index (κ3) is 2.89. The van der Waals surface area contributed by atoms with Crippen molar-refractivity contribution in [1.29, 1.82) is 0 Å². The number of thioether (sulfide) groups is 1. The van der Waals surface area contributed by atoms with Gasteiger partial charge in [-0.15, -0.1) is 11.8 Å². The van der Waals surface area contributed by atoms with Crippen LogP contribution in [0.15, 0.2) is 48.5 Å². The van der Waals surface area contributed by atoms with Crippen molar-refractivity contribution in [2.45, 2.75) is 56.2 Å². The van der Waals surface area contributed by atoms with Gasteiger partial charge in [0.05, 0.1) is 12.2 Å². The van der Waals surface area contributed by atoms with Crippen molar-refractivity contribution in [2.75, 3.05) is 11.4 Å². The normalized spacial score (nSPS) is 25.0. The number of anilines is 1. The fraction of sp³-hybridized carbons (Fsp3) is 0.440. The van der Waals surface area contributed by atoms with Crippen molar-refractivity contribution in [2.24, 2.45) is 5.92 Å². The minimum atomic E-state index is -0.952. The molecule has 2 aromatic carbocycles. The van der Waals surface area contributed by atoms with Gasteiger partial charge < -0.3 is 9.80 Å². The molecule has 2 aromatic rings. The summed E-state index contributed by atoms with van der Waals surface area (Å²) >= 11 is 1.65. The summed E-state index contributed by atoms with van der Waals surface area (Å²) in [6, 6.07) is 16.3. The van der Waals surface area contributed by atoms with Gasteiger partial charge >= 0.3 is 0 Å². The van der Waals surface area contributed by atoms with Gasteiger partial charge in [-0.1, -0.05) is 54.4 Å². The number of carbonyl (C=O) groups is 2. The molecule has 0 aromatic heterocycles. The van der Waals surface area contributed by atoms with E-state index < -0.39 is 4.87 Å². The summed E-state index contributed by atoms with van der Waals surface area (Å²) in [5, 5.41) is 0. The molecule has 1 atom stereocenters. The molecule has 3 aliphatic rings. The molecule has 2 heterocycles. The van der Waals surface area contributed by atoms with Gasteiger partial charge in [-0.3, -0.25) is 9.59 Å². The lowest BCUT2D eigenvalue weighted by molar-refractivity contribution is -0.146. The monoisotopic (exact) mass is 420 g/mol. The average molecular weight is 421 g/mol. The molecule has 156 valence electrons. The number of rotatable bonds is 3. The summed E-state index contributed by atoms with van der Waals surface area (Å²) in [6.45, 7) is 7.47. The number of hydrogen-bond acceptors (Lipinski definition) is 3. The van der Waals surface area contributed by atoms with Crippen LogP contribution in [0.1, 0.15) is 49.8 Å². The molecule has 0 N–H and O–H groups in total. The Morgan fingerprint density at radius 1 is 1.13 bits per heavy atom. The summed E-state index contributed by atoms with van der Waals surface area (Å²) in [6.07, 6.45) is 3.00. The second-order valence-electron chi connectivity index (χ2n) is 9.46. The summed E-state index contributed by atoms with van der Waals surface area (Å²) in [5.41, 5.74) is 4.12. The molecule has 1 aliphatic carbocycles. The lowest BCUT2D eigenvalue weighted by Gasteiger charge is -2.37. The van der Waals surface area contributed by atoms with E-state index in [1.54, 1.807) is 11.8 Å². The highest BCUT2D eigenvalue weighted by atomic mass is 32.2. The van der Waals surface area contributed by atoms with E-state index in [9.17, 15) is 9.59 Å². The standard InChI is InChI=1S/C25H28N2O2S/c1-17-12-13-21-20(14-17)25(23(29)26(21)15-18-8-5-4-6-9-18)27(16-24(2,3)30-25)22(28)19-10-7-11-19/h4-6,8-9,12-14,19H,7,10-11,15-16H2,1-3H3. The molecule has 0 radical (unpaired) electrons. The van der Waals surface area contributed by atoms with Gasteiger partial charge in [-0.25, -0.2) is 0 Å². The fourth-order valence-corrected chi connectivity index (χ4v) is 6.66. The molecule has 1 unspecified atom stereocenters. The van der Waals surface area contributed by atoms with Crippen molar-refractivity contribution < 1.29 is 9.59 Å². The second kappa shape index (κ2) is 6.88. The summed E-state index contributed by atoms with van der Waals surface area (Å²) in [7, 11) is 0. The predicted octanol–water partition coefficient (Wildman–Crippen LogP) is 4.85. The Labute approximate surface area is 182 Å². The second-order valence-corrected chi connectivity index (χ2v) is 11.4. The molecule has 1 saturated heterocycles. The minimum absolute atomic E-state index is 0.0233. The Hall–Kier alpha value is -2.27. The molecule has 1 saturated carbocycles. The van der Waals surface area contributed by atoms with Crippen LogP contribution in [0.4, 0.5) is 5.69 Å². The van der Waals surface area contributed by atoms with Gasteiger partial charge in [-0.05, 0) is 45.2 Å². The zero-order chi connectivity index (χ0) is 21.1. The SMILES string of the molecule is Cc1ccc2c(c1)C1(SC(C)(C)CN1C(=O)C1CCC1)C(=O)N2Cc1ccccc1. The maximum Gasteiger partial charge on any atom is 0.268 e. The van der Waals surface area contributed by atoms with Crippen LogP contribution < -0.4 is 4.90 Å². The highest BCUT2D eigenvalue weighted by Crippen LogP contribution is 2.60. The van der Waals surface area contributed by atoms with E-state index in [0.717, 1.165) is 41.6 Å². The van der Waals surface area contributed by atoms with Crippen molar-refractivity contribution in [3.8, 4) is 0 Å². The Morgan fingerprint density at radius 2 is 1.87 bits per heavy atom. The van der Waals surface area contributed by atoms with Gasteiger partial charge in [0.15, 0.2) is 4.87 Å². The number of fused-ring (bicyclic) bond motifs is 2. The number of amides is 2. The Kier molecular flexibility index (Phi) is 4.51. The molecule has 5 heteroatoms. The molecule has 30 heavy (non-hydrogen) atoms. The summed E-state index contributed by atoms with van der Waals surface area (Å²) < 4.78 is -0.182. The zero-order valence-electron chi connectivity index (χ0n) is 17.9.